The highest BCUT2D eigenvalue weighted by atomic mass is 127. The molecule has 0 radical (unpaired) electrons. The highest BCUT2D eigenvalue weighted by Gasteiger charge is 2.21. The van der Waals surface area contributed by atoms with Crippen LogP contribution in [-0.2, 0) is 25.9 Å². The van der Waals surface area contributed by atoms with Gasteiger partial charge in [-0.3, -0.25) is 0 Å². The summed E-state index contributed by atoms with van der Waals surface area (Å²) in [6.45, 7) is 5.70. The molecule has 0 saturated heterocycles. The summed E-state index contributed by atoms with van der Waals surface area (Å²) in [5.74, 6) is 0.594. The van der Waals surface area contributed by atoms with Gasteiger partial charge in [0.05, 0.1) is 65.1 Å². The van der Waals surface area contributed by atoms with Gasteiger partial charge in [-0.25, -0.2) is 9.97 Å². The molecule has 282 valence electrons. The van der Waals surface area contributed by atoms with Gasteiger partial charge in [-0.15, -0.1) is 0 Å². The second-order valence-electron chi connectivity index (χ2n) is 16.0. The Morgan fingerprint density at radius 2 is 0.870 bits per heavy atom. The van der Waals surface area contributed by atoms with Crippen LogP contribution in [0.25, 0.3) is 68.6 Å². The quantitative estimate of drug-likeness (QED) is 0.139. The maximum Gasteiger partial charge on any atom is 0.124 e. The number of quaternary nitrogens is 2. The Labute approximate surface area is 352 Å². The molecule has 2 aromatic carbocycles. The van der Waals surface area contributed by atoms with Crippen LogP contribution in [0.1, 0.15) is 58.9 Å². The molecular formula is C44H50I2N6O2. The predicted octanol–water partition coefficient (Wildman–Crippen LogP) is 2.95. The zero-order chi connectivity index (χ0) is 36.9. The molecule has 0 amide bonds. The molecule has 2 aliphatic rings. The van der Waals surface area contributed by atoms with Gasteiger partial charge in [-0.2, -0.15) is 0 Å². The van der Waals surface area contributed by atoms with Crippen LogP contribution >= 0.6 is 0 Å². The van der Waals surface area contributed by atoms with E-state index in [1.807, 2.05) is 12.1 Å². The van der Waals surface area contributed by atoms with Crippen molar-refractivity contribution >= 4 is 46.4 Å². The van der Waals surface area contributed by atoms with E-state index >= 15 is 0 Å². The molecule has 10 heteroatoms. The first-order chi connectivity index (χ1) is 24.7. The molecule has 8 nitrogen and oxygen atoms in total. The first-order valence-corrected chi connectivity index (χ1v) is 18.1. The van der Waals surface area contributed by atoms with Gasteiger partial charge in [0.25, 0.3) is 0 Å². The maximum absolute atomic E-state index is 10.9. The number of fused-ring (bicyclic) bond motifs is 8. The Morgan fingerprint density at radius 1 is 0.500 bits per heavy atom. The standard InChI is InChI=1S/C44H48N6O2.2HI/c1-9-31-33-13-17-37(45-33)43(27-11-21-41(51)29(23-27)25-49(3,4)5)39-19-15-35(47-39)32(10-2)36-16-20-40(48-36)44(38-18-14-34(31)46-38)28-12-22-42(52)30(24-28)26-50(6,7)8;;/h11-24H,9-10,25-26H2,1-8H3,(H2-2,45,46,47,48,51,52);2*1H. The number of nitrogens with zero attached hydrogens (tertiary/aromatic N) is 4. The van der Waals surface area contributed by atoms with Crippen molar-refractivity contribution in [2.24, 2.45) is 0 Å². The Morgan fingerprint density at radius 3 is 1.24 bits per heavy atom. The van der Waals surface area contributed by atoms with Gasteiger partial charge in [-0.05, 0) is 102 Å². The van der Waals surface area contributed by atoms with E-state index in [4.69, 9.17) is 9.97 Å². The van der Waals surface area contributed by atoms with Crippen LogP contribution in [0.15, 0.2) is 60.7 Å². The lowest BCUT2D eigenvalue weighted by Gasteiger charge is -2.24. The highest BCUT2D eigenvalue weighted by Crippen LogP contribution is 2.37. The van der Waals surface area contributed by atoms with Crippen LogP contribution in [0, 0.1) is 0 Å². The van der Waals surface area contributed by atoms with Gasteiger partial charge < -0.3 is 77.1 Å². The summed E-state index contributed by atoms with van der Waals surface area (Å²) in [5.41, 5.74) is 15.4. The number of nitrogens with one attached hydrogen (secondary N) is 2. The van der Waals surface area contributed by atoms with Crippen molar-refractivity contribution in [3.05, 3.63) is 106 Å². The summed E-state index contributed by atoms with van der Waals surface area (Å²) in [4.78, 5) is 18.1. The normalized spacial score (nSPS) is 12.4. The number of benzene rings is 2. The second-order valence-corrected chi connectivity index (χ2v) is 16.0. The van der Waals surface area contributed by atoms with Gasteiger partial charge in [0.2, 0.25) is 0 Å². The molecule has 0 fully saturated rings. The fourth-order valence-electron chi connectivity index (χ4n) is 7.43. The summed E-state index contributed by atoms with van der Waals surface area (Å²) < 4.78 is 1.38. The molecule has 5 heterocycles. The van der Waals surface area contributed by atoms with Crippen LogP contribution in [0.4, 0.5) is 0 Å². The summed E-state index contributed by atoms with van der Waals surface area (Å²) in [7, 11) is 12.8. The smallest absolute Gasteiger partial charge is 0.124 e. The van der Waals surface area contributed by atoms with E-state index in [1.54, 1.807) is 12.1 Å². The predicted molar refractivity (Wildman–Crippen MR) is 215 cm³/mol. The number of H-pyrrole nitrogens is 2. The summed E-state index contributed by atoms with van der Waals surface area (Å²) in [6.07, 6.45) is 9.95. The largest absolute Gasteiger partial charge is 1.00 e. The number of aromatic amines is 2. The summed E-state index contributed by atoms with van der Waals surface area (Å²) in [6, 6.07) is 20.4. The number of halogens is 2. The SMILES string of the molecule is CCc1c2nc(c(-c3ccc(O)c(C[N+](C)(C)C)c3)c3ccc([nH]3)c(CC)c3ccc([nH]3)c(-c3ccc(O)c(C[N+](C)(C)C)c3)c3nc1C=C3)C=C2.[I-].[I-]. The van der Waals surface area contributed by atoms with Gasteiger partial charge in [-0.1, -0.05) is 26.0 Å². The number of aromatic hydroxyl groups is 2. The Bertz CT molecular complexity index is 2280. The minimum Gasteiger partial charge on any atom is -1.00 e. The van der Waals surface area contributed by atoms with E-state index < -0.39 is 0 Å². The molecule has 5 aromatic rings. The first-order valence-electron chi connectivity index (χ1n) is 18.1. The third-order valence-corrected chi connectivity index (χ3v) is 9.70. The van der Waals surface area contributed by atoms with Crippen molar-refractivity contribution < 1.29 is 67.1 Å². The number of aromatic nitrogens is 4. The average molecular weight is 949 g/mol. The van der Waals surface area contributed by atoms with Crippen molar-refractivity contribution in [3.8, 4) is 33.8 Å². The van der Waals surface area contributed by atoms with Gasteiger partial charge in [0, 0.05) is 49.9 Å². The van der Waals surface area contributed by atoms with Crippen molar-refractivity contribution in [1.29, 1.82) is 0 Å². The fourth-order valence-corrected chi connectivity index (χ4v) is 7.43. The van der Waals surface area contributed by atoms with E-state index in [0.717, 1.165) is 102 Å². The minimum absolute atomic E-state index is 0. The molecule has 4 N–H and O–H groups in total. The van der Waals surface area contributed by atoms with Crippen molar-refractivity contribution in [2.75, 3.05) is 42.3 Å². The van der Waals surface area contributed by atoms with Crippen LogP contribution in [0.3, 0.4) is 0 Å². The monoisotopic (exact) mass is 948 g/mol. The molecule has 3 aromatic heterocycles. The highest BCUT2D eigenvalue weighted by molar-refractivity contribution is 5.94. The zero-order valence-electron chi connectivity index (χ0n) is 32.4. The van der Waals surface area contributed by atoms with Gasteiger partial charge in [0.15, 0.2) is 0 Å². The molecule has 7 rings (SSSR count). The van der Waals surface area contributed by atoms with Crippen LogP contribution in [0.2, 0.25) is 0 Å². The second kappa shape index (κ2) is 16.0. The maximum atomic E-state index is 10.9. The number of hydrogen-bond donors (Lipinski definition) is 4. The minimum atomic E-state index is 0. The van der Waals surface area contributed by atoms with E-state index in [1.165, 1.54) is 0 Å². The molecule has 0 atom stereocenters. The number of hydrogen-bond acceptors (Lipinski definition) is 4. The van der Waals surface area contributed by atoms with Crippen LogP contribution in [0.5, 0.6) is 11.5 Å². The van der Waals surface area contributed by atoms with Crippen LogP contribution in [-0.4, -0.2) is 81.4 Å². The molecule has 0 unspecified atom stereocenters. The molecule has 0 saturated carbocycles. The molecular weight excluding hydrogens is 898 g/mol. The lowest BCUT2D eigenvalue weighted by atomic mass is 10.0. The Kier molecular flexibility index (Phi) is 12.2. The summed E-state index contributed by atoms with van der Waals surface area (Å²) >= 11 is 0. The molecule has 8 bridgehead atoms. The third-order valence-electron chi connectivity index (χ3n) is 9.70. The molecule has 54 heavy (non-hydrogen) atoms. The Hall–Kier alpha value is -3.98. The fraction of sp³-hybridized carbons (Fsp3) is 0.273. The number of phenols is 2. The number of rotatable bonds is 8. The zero-order valence-corrected chi connectivity index (χ0v) is 36.7. The van der Waals surface area contributed by atoms with E-state index in [-0.39, 0.29) is 48.0 Å². The van der Waals surface area contributed by atoms with E-state index in [0.29, 0.717) is 33.6 Å². The lowest BCUT2D eigenvalue weighted by molar-refractivity contribution is -0.884. The number of phenolic OH excluding ortho intramolecular Hbond substituents is 2. The van der Waals surface area contributed by atoms with Crippen molar-refractivity contribution in [3.63, 3.8) is 0 Å². The Balaban J connectivity index is 0.00000280. The van der Waals surface area contributed by atoms with E-state index in [2.05, 4.69) is 127 Å². The van der Waals surface area contributed by atoms with E-state index in [9.17, 15) is 10.2 Å². The topological polar surface area (TPSA) is 97.8 Å². The molecule has 0 spiro atoms. The first kappa shape index (κ1) is 41.2. The average Bonchev–Trinajstić information content (AvgIpc) is 3.90. The van der Waals surface area contributed by atoms with Crippen molar-refractivity contribution in [2.45, 2.75) is 39.8 Å². The number of aryl methyl sites for hydroxylation is 1. The molecule has 0 aliphatic carbocycles. The third kappa shape index (κ3) is 8.46. The lowest BCUT2D eigenvalue weighted by Crippen LogP contribution is -3.00. The van der Waals surface area contributed by atoms with Gasteiger partial charge in [0.1, 0.15) is 24.6 Å². The van der Waals surface area contributed by atoms with Crippen molar-refractivity contribution in [1.82, 2.24) is 19.9 Å². The van der Waals surface area contributed by atoms with Gasteiger partial charge >= 0.3 is 0 Å². The van der Waals surface area contributed by atoms with Crippen LogP contribution < -0.4 is 48.0 Å². The molecule has 2 aliphatic heterocycles. The summed E-state index contributed by atoms with van der Waals surface area (Å²) in [5, 5.41) is 21.7.